The third kappa shape index (κ3) is 5.43. The second kappa shape index (κ2) is 7.94. The summed E-state index contributed by atoms with van der Waals surface area (Å²) < 4.78 is 24.7. The molecule has 7 heteroatoms. The van der Waals surface area contributed by atoms with Crippen molar-refractivity contribution >= 4 is 15.9 Å². The Bertz CT molecular complexity index is 509. The molecule has 0 saturated carbocycles. The molecule has 0 aromatic carbocycles. The summed E-state index contributed by atoms with van der Waals surface area (Å²) in [5, 5.41) is 3.03. The number of piperidine rings is 2. The van der Waals surface area contributed by atoms with Gasteiger partial charge in [0.2, 0.25) is 15.9 Å². The molecule has 3 atom stereocenters. The van der Waals surface area contributed by atoms with Crippen molar-refractivity contribution in [3.8, 4) is 0 Å². The van der Waals surface area contributed by atoms with Gasteiger partial charge in [0.1, 0.15) is 0 Å². The smallest absolute Gasteiger partial charge is 0.224 e. The lowest BCUT2D eigenvalue weighted by molar-refractivity contribution is -0.126. The number of carbonyl (C=O) groups excluding carboxylic acids is 1. The first-order valence-electron chi connectivity index (χ1n) is 8.74. The molecule has 2 aliphatic heterocycles. The van der Waals surface area contributed by atoms with Crippen molar-refractivity contribution in [1.29, 1.82) is 0 Å². The van der Waals surface area contributed by atoms with Gasteiger partial charge in [0.25, 0.3) is 0 Å². The van der Waals surface area contributed by atoms with Crippen molar-refractivity contribution in [1.82, 2.24) is 14.5 Å². The van der Waals surface area contributed by atoms with E-state index in [1.54, 1.807) is 0 Å². The van der Waals surface area contributed by atoms with Crippen molar-refractivity contribution < 1.29 is 13.2 Å². The molecule has 6 nitrogen and oxygen atoms in total. The maximum absolute atomic E-state index is 12.4. The Labute approximate surface area is 140 Å². The minimum absolute atomic E-state index is 0.00439. The van der Waals surface area contributed by atoms with E-state index in [4.69, 9.17) is 0 Å². The average molecular weight is 346 g/mol. The first kappa shape index (κ1) is 18.7. The molecule has 2 saturated heterocycles. The lowest BCUT2D eigenvalue weighted by Crippen LogP contribution is -2.49. The van der Waals surface area contributed by atoms with E-state index in [0.29, 0.717) is 25.7 Å². The van der Waals surface area contributed by atoms with Crippen LogP contribution < -0.4 is 5.32 Å². The van der Waals surface area contributed by atoms with Gasteiger partial charge in [-0.2, -0.15) is 0 Å². The Morgan fingerprint density at radius 3 is 2.57 bits per heavy atom. The van der Waals surface area contributed by atoms with Gasteiger partial charge in [-0.25, -0.2) is 12.7 Å². The highest BCUT2D eigenvalue weighted by Crippen LogP contribution is 2.20. The number of sulfonamides is 1. The molecule has 0 radical (unpaired) electrons. The number of nitrogens with zero attached hydrogens (tertiary/aromatic N) is 2. The zero-order chi connectivity index (χ0) is 17.0. The number of carbonyl (C=O) groups is 1. The minimum Gasteiger partial charge on any atom is -0.354 e. The van der Waals surface area contributed by atoms with Crippen molar-refractivity contribution in [3.05, 3.63) is 0 Å². The second-order valence-corrected chi connectivity index (χ2v) is 9.28. The molecule has 0 aromatic heterocycles. The van der Waals surface area contributed by atoms with Gasteiger partial charge in [0, 0.05) is 32.2 Å². The molecule has 1 N–H and O–H groups in total. The highest BCUT2D eigenvalue weighted by molar-refractivity contribution is 7.88. The van der Waals surface area contributed by atoms with Crippen molar-refractivity contribution in [2.75, 3.05) is 39.0 Å². The van der Waals surface area contributed by atoms with E-state index in [1.165, 1.54) is 23.4 Å². The van der Waals surface area contributed by atoms with Crippen LogP contribution in [0.3, 0.4) is 0 Å². The van der Waals surface area contributed by atoms with E-state index in [-0.39, 0.29) is 11.8 Å². The van der Waals surface area contributed by atoms with Crippen molar-refractivity contribution in [3.63, 3.8) is 0 Å². The van der Waals surface area contributed by atoms with Crippen LogP contribution in [0.1, 0.15) is 39.5 Å². The summed E-state index contributed by atoms with van der Waals surface area (Å²) in [7, 11) is -3.20. The second-order valence-electron chi connectivity index (χ2n) is 7.30. The average Bonchev–Trinajstić information content (AvgIpc) is 2.51. The van der Waals surface area contributed by atoms with Crippen LogP contribution >= 0.6 is 0 Å². The standard InChI is InChI=1S/C16H31N3O3S/c1-13-6-4-8-18(11-13)14(2)10-17-16(20)15-7-5-9-19(12-15)23(3,21)22/h13-15H,4-12H2,1-3H3,(H,17,20)/t13-,14-,15-/m1/s1. The molecular weight excluding hydrogens is 314 g/mol. The molecule has 0 aromatic rings. The fourth-order valence-electron chi connectivity index (χ4n) is 3.61. The molecule has 2 fully saturated rings. The fourth-order valence-corrected chi connectivity index (χ4v) is 4.52. The Hall–Kier alpha value is -0.660. The predicted molar refractivity (Wildman–Crippen MR) is 91.6 cm³/mol. The van der Waals surface area contributed by atoms with E-state index >= 15 is 0 Å². The number of nitrogens with one attached hydrogen (secondary N) is 1. The van der Waals surface area contributed by atoms with Gasteiger partial charge in [-0.3, -0.25) is 9.69 Å². The summed E-state index contributed by atoms with van der Waals surface area (Å²) >= 11 is 0. The molecule has 134 valence electrons. The van der Waals surface area contributed by atoms with E-state index in [9.17, 15) is 13.2 Å². The third-order valence-corrected chi connectivity index (χ3v) is 6.38. The van der Waals surface area contributed by atoms with Crippen molar-refractivity contribution in [2.24, 2.45) is 11.8 Å². The lowest BCUT2D eigenvalue weighted by atomic mass is 9.98. The van der Waals surface area contributed by atoms with Crippen LogP contribution in [0.5, 0.6) is 0 Å². The Kier molecular flexibility index (Phi) is 6.45. The zero-order valence-corrected chi connectivity index (χ0v) is 15.4. The highest BCUT2D eigenvalue weighted by Gasteiger charge is 2.30. The van der Waals surface area contributed by atoms with E-state index in [2.05, 4.69) is 24.1 Å². The van der Waals surface area contributed by atoms with Crippen LogP contribution in [0.25, 0.3) is 0 Å². The van der Waals surface area contributed by atoms with Crippen LogP contribution in [0, 0.1) is 11.8 Å². The number of hydrogen-bond acceptors (Lipinski definition) is 4. The summed E-state index contributed by atoms with van der Waals surface area (Å²) in [5.74, 6) is 0.504. The monoisotopic (exact) mass is 345 g/mol. The topological polar surface area (TPSA) is 69.7 Å². The molecular formula is C16H31N3O3S. The quantitative estimate of drug-likeness (QED) is 0.804. The Balaban J connectivity index is 1.80. The first-order chi connectivity index (χ1) is 10.8. The normalized spacial score (nSPS) is 29.2. The number of likely N-dealkylation sites (tertiary alicyclic amines) is 1. The van der Waals surface area contributed by atoms with Gasteiger partial charge in [-0.05, 0) is 45.1 Å². The van der Waals surface area contributed by atoms with Crippen LogP contribution in [-0.2, 0) is 14.8 Å². The first-order valence-corrected chi connectivity index (χ1v) is 10.6. The van der Waals surface area contributed by atoms with Crippen molar-refractivity contribution in [2.45, 2.75) is 45.6 Å². The van der Waals surface area contributed by atoms with Gasteiger partial charge in [0.05, 0.1) is 12.2 Å². The summed E-state index contributed by atoms with van der Waals surface area (Å²) in [6.07, 6.45) is 5.26. The lowest BCUT2D eigenvalue weighted by Gasteiger charge is -2.36. The number of rotatable bonds is 5. The van der Waals surface area contributed by atoms with Gasteiger partial charge < -0.3 is 5.32 Å². The fraction of sp³-hybridized carbons (Fsp3) is 0.938. The van der Waals surface area contributed by atoms with Gasteiger partial charge in [-0.15, -0.1) is 0 Å². The number of amides is 1. The van der Waals surface area contributed by atoms with Crippen LogP contribution in [-0.4, -0.2) is 68.6 Å². The predicted octanol–water partition coefficient (Wildman–Crippen LogP) is 0.895. The van der Waals surface area contributed by atoms with Gasteiger partial charge in [0.15, 0.2) is 0 Å². The summed E-state index contributed by atoms with van der Waals surface area (Å²) in [6, 6.07) is 0.330. The van der Waals surface area contributed by atoms with Crippen LogP contribution in [0.2, 0.25) is 0 Å². The molecule has 2 rings (SSSR count). The maximum Gasteiger partial charge on any atom is 0.224 e. The Morgan fingerprint density at radius 2 is 1.91 bits per heavy atom. The largest absolute Gasteiger partial charge is 0.354 e. The van der Waals surface area contributed by atoms with Crippen LogP contribution in [0.4, 0.5) is 0 Å². The summed E-state index contributed by atoms with van der Waals surface area (Å²) in [6.45, 7) is 8.13. The SMILES string of the molecule is C[C@@H]1CCCN([C@H](C)CNC(=O)[C@@H]2CCCN(S(C)(=O)=O)C2)C1. The van der Waals surface area contributed by atoms with Gasteiger partial charge >= 0.3 is 0 Å². The molecule has 0 aliphatic carbocycles. The molecule has 0 bridgehead atoms. The third-order valence-electron chi connectivity index (χ3n) is 5.11. The molecule has 0 unspecified atom stereocenters. The summed E-state index contributed by atoms with van der Waals surface area (Å²) in [5.41, 5.74) is 0. The molecule has 2 aliphatic rings. The van der Waals surface area contributed by atoms with Gasteiger partial charge in [-0.1, -0.05) is 6.92 Å². The van der Waals surface area contributed by atoms with Crippen LogP contribution in [0.15, 0.2) is 0 Å². The molecule has 2 heterocycles. The number of hydrogen-bond donors (Lipinski definition) is 1. The molecule has 1 amide bonds. The van der Waals surface area contributed by atoms with E-state index < -0.39 is 10.0 Å². The summed E-state index contributed by atoms with van der Waals surface area (Å²) in [4.78, 5) is 14.8. The van der Waals surface area contributed by atoms with E-state index in [1.807, 2.05) is 0 Å². The van der Waals surface area contributed by atoms with E-state index in [0.717, 1.165) is 31.8 Å². The minimum atomic E-state index is -3.20. The highest BCUT2D eigenvalue weighted by atomic mass is 32.2. The maximum atomic E-state index is 12.4. The molecule has 23 heavy (non-hydrogen) atoms. The zero-order valence-electron chi connectivity index (χ0n) is 14.6. The molecule has 0 spiro atoms. The Morgan fingerprint density at radius 1 is 1.22 bits per heavy atom.